The standard InChI is InChI=1S/C15H18N6O3/c22-15(13-2-1-3-23-13)18-6-11-7-21-12(8-24-11)14(19-20-21)10-4-16-9-17-5-10/h4-5,9,11,13H,1-3,6-8H2,(H,18,22)/t11?,13-/m1/s1. The second kappa shape index (κ2) is 6.62. The summed E-state index contributed by atoms with van der Waals surface area (Å²) < 4.78 is 13.0. The Morgan fingerprint density at radius 2 is 2.21 bits per heavy atom. The molecular formula is C15H18N6O3. The Morgan fingerprint density at radius 3 is 3.00 bits per heavy atom. The van der Waals surface area contributed by atoms with E-state index in [0.29, 0.717) is 26.3 Å². The molecule has 1 saturated heterocycles. The lowest BCUT2D eigenvalue weighted by molar-refractivity contribution is -0.131. The van der Waals surface area contributed by atoms with Crippen LogP contribution in [-0.4, -0.2) is 56.2 Å². The molecule has 0 saturated carbocycles. The first-order chi connectivity index (χ1) is 11.8. The first-order valence-electron chi connectivity index (χ1n) is 8.00. The second-order valence-electron chi connectivity index (χ2n) is 5.87. The predicted octanol–water partition coefficient (Wildman–Crippen LogP) is -0.0709. The number of carbonyl (C=O) groups is 1. The maximum Gasteiger partial charge on any atom is 0.249 e. The molecule has 2 aliphatic rings. The monoisotopic (exact) mass is 330 g/mol. The van der Waals surface area contributed by atoms with Gasteiger partial charge >= 0.3 is 0 Å². The number of nitrogens with one attached hydrogen (secondary N) is 1. The fraction of sp³-hybridized carbons (Fsp3) is 0.533. The molecule has 1 N–H and O–H groups in total. The van der Waals surface area contributed by atoms with Crippen molar-refractivity contribution in [3.63, 3.8) is 0 Å². The third-order valence-corrected chi connectivity index (χ3v) is 4.23. The number of fused-ring (bicyclic) bond motifs is 1. The Labute approximate surface area is 138 Å². The Bertz CT molecular complexity index is 713. The third kappa shape index (κ3) is 3.00. The van der Waals surface area contributed by atoms with E-state index in [0.717, 1.165) is 29.8 Å². The predicted molar refractivity (Wildman–Crippen MR) is 81.6 cm³/mol. The lowest BCUT2D eigenvalue weighted by Gasteiger charge is -2.24. The van der Waals surface area contributed by atoms with Gasteiger partial charge in [0.05, 0.1) is 24.9 Å². The Hall–Kier alpha value is -2.39. The van der Waals surface area contributed by atoms with Crippen molar-refractivity contribution in [2.24, 2.45) is 0 Å². The van der Waals surface area contributed by atoms with E-state index in [9.17, 15) is 4.79 Å². The summed E-state index contributed by atoms with van der Waals surface area (Å²) in [5.74, 6) is -0.0670. The van der Waals surface area contributed by atoms with Gasteiger partial charge in [0.15, 0.2) is 0 Å². The van der Waals surface area contributed by atoms with Crippen molar-refractivity contribution in [2.75, 3.05) is 13.2 Å². The van der Waals surface area contributed by atoms with Gasteiger partial charge in [0.25, 0.3) is 0 Å². The molecule has 2 atom stereocenters. The van der Waals surface area contributed by atoms with Crippen molar-refractivity contribution < 1.29 is 14.3 Å². The van der Waals surface area contributed by atoms with Crippen LogP contribution in [0.1, 0.15) is 18.5 Å². The maximum absolute atomic E-state index is 12.0. The molecule has 4 heterocycles. The van der Waals surface area contributed by atoms with Gasteiger partial charge in [-0.25, -0.2) is 14.6 Å². The molecule has 2 aliphatic heterocycles. The lowest BCUT2D eigenvalue weighted by atomic mass is 10.2. The van der Waals surface area contributed by atoms with Crippen LogP contribution in [0.5, 0.6) is 0 Å². The van der Waals surface area contributed by atoms with E-state index < -0.39 is 0 Å². The van der Waals surface area contributed by atoms with Crippen LogP contribution < -0.4 is 5.32 Å². The van der Waals surface area contributed by atoms with E-state index in [4.69, 9.17) is 9.47 Å². The van der Waals surface area contributed by atoms with Crippen LogP contribution in [0.15, 0.2) is 18.7 Å². The highest BCUT2D eigenvalue weighted by molar-refractivity contribution is 5.80. The maximum atomic E-state index is 12.0. The molecule has 2 aromatic rings. The SMILES string of the molecule is O=C(NCC1Cn2nnc(-c3cncnc3)c2CO1)[C@H]1CCCO1. The number of rotatable bonds is 4. The first kappa shape index (κ1) is 15.2. The fourth-order valence-electron chi connectivity index (χ4n) is 2.95. The second-order valence-corrected chi connectivity index (χ2v) is 5.87. The molecule has 24 heavy (non-hydrogen) atoms. The zero-order valence-electron chi connectivity index (χ0n) is 13.1. The van der Waals surface area contributed by atoms with Crippen LogP contribution in [0, 0.1) is 0 Å². The van der Waals surface area contributed by atoms with Gasteiger partial charge in [-0.3, -0.25) is 4.79 Å². The van der Waals surface area contributed by atoms with Crippen molar-refractivity contribution in [3.05, 3.63) is 24.4 Å². The number of nitrogens with zero attached hydrogens (tertiary/aromatic N) is 5. The largest absolute Gasteiger partial charge is 0.368 e. The van der Waals surface area contributed by atoms with Crippen LogP contribution in [0.2, 0.25) is 0 Å². The smallest absolute Gasteiger partial charge is 0.249 e. The molecule has 2 aromatic heterocycles. The van der Waals surface area contributed by atoms with Gasteiger partial charge in [-0.05, 0) is 12.8 Å². The summed E-state index contributed by atoms with van der Waals surface area (Å²) in [6, 6.07) is 0. The molecule has 9 nitrogen and oxygen atoms in total. The molecule has 0 bridgehead atoms. The lowest BCUT2D eigenvalue weighted by Crippen LogP contribution is -2.42. The number of hydrogen-bond acceptors (Lipinski definition) is 7. The molecule has 0 spiro atoms. The summed E-state index contributed by atoms with van der Waals surface area (Å²) in [4.78, 5) is 20.0. The Morgan fingerprint density at radius 1 is 1.33 bits per heavy atom. The molecule has 4 rings (SSSR count). The van der Waals surface area contributed by atoms with Crippen molar-refractivity contribution in [1.29, 1.82) is 0 Å². The van der Waals surface area contributed by atoms with Crippen molar-refractivity contribution in [3.8, 4) is 11.3 Å². The van der Waals surface area contributed by atoms with E-state index >= 15 is 0 Å². The molecule has 1 fully saturated rings. The molecule has 1 unspecified atom stereocenters. The summed E-state index contributed by atoms with van der Waals surface area (Å²) >= 11 is 0. The average molecular weight is 330 g/mol. The number of hydrogen-bond donors (Lipinski definition) is 1. The number of ether oxygens (including phenoxy) is 2. The molecule has 1 amide bonds. The molecule has 126 valence electrons. The minimum Gasteiger partial charge on any atom is -0.368 e. The molecule has 0 radical (unpaired) electrons. The highest BCUT2D eigenvalue weighted by Crippen LogP contribution is 2.23. The highest BCUT2D eigenvalue weighted by Gasteiger charge is 2.27. The van der Waals surface area contributed by atoms with Crippen molar-refractivity contribution >= 4 is 5.91 Å². The van der Waals surface area contributed by atoms with E-state index in [1.807, 2.05) is 4.68 Å². The van der Waals surface area contributed by atoms with Crippen LogP contribution >= 0.6 is 0 Å². The number of aromatic nitrogens is 5. The minimum absolute atomic E-state index is 0.0670. The van der Waals surface area contributed by atoms with Crippen molar-refractivity contribution in [2.45, 2.75) is 38.2 Å². The third-order valence-electron chi connectivity index (χ3n) is 4.23. The number of carbonyl (C=O) groups excluding carboxylic acids is 1. The fourth-order valence-corrected chi connectivity index (χ4v) is 2.95. The molecular weight excluding hydrogens is 312 g/mol. The average Bonchev–Trinajstić information content (AvgIpc) is 3.30. The van der Waals surface area contributed by atoms with E-state index in [1.165, 1.54) is 6.33 Å². The van der Waals surface area contributed by atoms with Crippen molar-refractivity contribution in [1.82, 2.24) is 30.3 Å². The molecule has 9 heteroatoms. The number of amides is 1. The van der Waals surface area contributed by atoms with Crippen LogP contribution in [-0.2, 0) is 27.4 Å². The summed E-state index contributed by atoms with van der Waals surface area (Å²) in [6.07, 6.45) is 6.14. The van der Waals surface area contributed by atoms with Gasteiger partial charge in [-0.2, -0.15) is 0 Å². The van der Waals surface area contributed by atoms with Gasteiger partial charge in [0.1, 0.15) is 18.1 Å². The van der Waals surface area contributed by atoms with Crippen LogP contribution in [0.3, 0.4) is 0 Å². The van der Waals surface area contributed by atoms with E-state index in [2.05, 4.69) is 25.6 Å². The van der Waals surface area contributed by atoms with Crippen LogP contribution in [0.4, 0.5) is 0 Å². The van der Waals surface area contributed by atoms with Gasteiger partial charge in [0, 0.05) is 31.1 Å². The van der Waals surface area contributed by atoms with Crippen LogP contribution in [0.25, 0.3) is 11.3 Å². The summed E-state index contributed by atoms with van der Waals surface area (Å²) in [5.41, 5.74) is 2.44. The zero-order valence-corrected chi connectivity index (χ0v) is 13.1. The van der Waals surface area contributed by atoms with E-state index in [-0.39, 0.29) is 18.1 Å². The van der Waals surface area contributed by atoms with Gasteiger partial charge in [0.2, 0.25) is 5.91 Å². The van der Waals surface area contributed by atoms with E-state index in [1.54, 1.807) is 12.4 Å². The van der Waals surface area contributed by atoms with Gasteiger partial charge in [-0.15, -0.1) is 5.10 Å². The zero-order chi connectivity index (χ0) is 16.4. The first-order valence-corrected chi connectivity index (χ1v) is 8.00. The minimum atomic E-state index is -0.319. The quantitative estimate of drug-likeness (QED) is 0.836. The molecule has 0 aromatic carbocycles. The summed E-state index contributed by atoms with van der Waals surface area (Å²) in [7, 11) is 0. The normalized spacial score (nSPS) is 23.0. The van der Waals surface area contributed by atoms with Gasteiger partial charge < -0.3 is 14.8 Å². The molecule has 0 aliphatic carbocycles. The summed E-state index contributed by atoms with van der Waals surface area (Å²) in [5, 5.41) is 11.3. The summed E-state index contributed by atoms with van der Waals surface area (Å²) in [6.45, 7) is 2.02. The Kier molecular flexibility index (Phi) is 4.18. The Balaban J connectivity index is 1.38. The van der Waals surface area contributed by atoms with Gasteiger partial charge in [-0.1, -0.05) is 5.21 Å². The highest BCUT2D eigenvalue weighted by atomic mass is 16.5. The topological polar surface area (TPSA) is 104 Å².